The number of nitro groups is 1. The molecule has 0 aliphatic heterocycles. The van der Waals surface area contributed by atoms with Crippen LogP contribution >= 0.6 is 0 Å². The fraction of sp³-hybridized carbons (Fsp3) is 0.188. The van der Waals surface area contributed by atoms with E-state index in [0.29, 0.717) is 11.5 Å². The van der Waals surface area contributed by atoms with Gasteiger partial charge in [-0.1, -0.05) is 0 Å². The van der Waals surface area contributed by atoms with Crippen molar-refractivity contribution >= 4 is 17.3 Å². The highest BCUT2D eigenvalue weighted by Gasteiger charge is 2.16. The summed E-state index contributed by atoms with van der Waals surface area (Å²) >= 11 is 0. The molecule has 0 saturated heterocycles. The summed E-state index contributed by atoms with van der Waals surface area (Å²) in [7, 11) is 1.57. The summed E-state index contributed by atoms with van der Waals surface area (Å²) in [6.45, 7) is 0.151. The second kappa shape index (κ2) is 7.82. The molecule has 0 amide bonds. The van der Waals surface area contributed by atoms with Crippen molar-refractivity contribution in [3.8, 4) is 11.5 Å². The minimum Gasteiger partial charge on any atom is -0.497 e. The Morgan fingerprint density at radius 1 is 1.12 bits per heavy atom. The number of nitrogens with zero attached hydrogens (tertiary/aromatic N) is 1. The molecule has 2 rings (SSSR count). The maximum absolute atomic E-state index is 11.9. The molecule has 8 heteroatoms. The van der Waals surface area contributed by atoms with Crippen LogP contribution in [0.5, 0.6) is 11.5 Å². The zero-order valence-corrected chi connectivity index (χ0v) is 12.9. The lowest BCUT2D eigenvalue weighted by molar-refractivity contribution is -0.383. The number of anilines is 1. The first-order chi connectivity index (χ1) is 11.5. The van der Waals surface area contributed by atoms with Gasteiger partial charge in [-0.2, -0.15) is 0 Å². The lowest BCUT2D eigenvalue weighted by atomic mass is 10.2. The molecule has 2 N–H and O–H groups in total. The molecule has 0 bridgehead atoms. The van der Waals surface area contributed by atoms with Gasteiger partial charge in [-0.15, -0.1) is 0 Å². The minimum absolute atomic E-state index is 0.00301. The molecule has 126 valence electrons. The number of benzene rings is 2. The summed E-state index contributed by atoms with van der Waals surface area (Å²) < 4.78 is 15.5. The summed E-state index contributed by atoms with van der Waals surface area (Å²) in [6.07, 6.45) is 0. The highest BCUT2D eigenvalue weighted by Crippen LogP contribution is 2.22. The van der Waals surface area contributed by atoms with Crippen molar-refractivity contribution < 1.29 is 23.9 Å². The summed E-state index contributed by atoms with van der Waals surface area (Å²) in [4.78, 5) is 22.0. The van der Waals surface area contributed by atoms with E-state index in [-0.39, 0.29) is 30.2 Å². The predicted octanol–water partition coefficient (Wildman–Crippen LogP) is 2.42. The van der Waals surface area contributed by atoms with Crippen molar-refractivity contribution in [1.29, 1.82) is 0 Å². The Bertz CT molecular complexity index is 730. The maximum atomic E-state index is 11.9. The summed E-state index contributed by atoms with van der Waals surface area (Å²) in [5.41, 5.74) is 5.18. The minimum atomic E-state index is -0.684. The highest BCUT2D eigenvalue weighted by molar-refractivity contribution is 5.91. The summed E-state index contributed by atoms with van der Waals surface area (Å²) in [5, 5.41) is 10.8. The summed E-state index contributed by atoms with van der Waals surface area (Å²) in [5.74, 6) is 0.630. The van der Waals surface area contributed by atoms with Gasteiger partial charge in [-0.05, 0) is 36.4 Å². The first kappa shape index (κ1) is 17.1. The predicted molar refractivity (Wildman–Crippen MR) is 86.3 cm³/mol. The SMILES string of the molecule is COc1ccc(OCCOC(=O)c2ccc(N)c([N+](=O)[O-])c2)cc1. The smallest absolute Gasteiger partial charge is 0.338 e. The van der Waals surface area contributed by atoms with Crippen LogP contribution in [-0.4, -0.2) is 31.2 Å². The molecule has 0 fully saturated rings. The molecule has 0 spiro atoms. The molecule has 0 saturated carbocycles. The Morgan fingerprint density at radius 3 is 2.42 bits per heavy atom. The fourth-order valence-corrected chi connectivity index (χ4v) is 1.88. The number of rotatable bonds is 7. The van der Waals surface area contributed by atoms with Gasteiger partial charge in [0.1, 0.15) is 30.4 Å². The van der Waals surface area contributed by atoms with Crippen LogP contribution in [0.4, 0.5) is 11.4 Å². The van der Waals surface area contributed by atoms with Gasteiger partial charge >= 0.3 is 5.97 Å². The van der Waals surface area contributed by atoms with Gasteiger partial charge in [0, 0.05) is 6.07 Å². The molecule has 0 aliphatic carbocycles. The van der Waals surface area contributed by atoms with Gasteiger partial charge in [-0.3, -0.25) is 10.1 Å². The van der Waals surface area contributed by atoms with Crippen LogP contribution in [0.2, 0.25) is 0 Å². The van der Waals surface area contributed by atoms with Crippen LogP contribution in [-0.2, 0) is 4.74 Å². The van der Waals surface area contributed by atoms with Crippen LogP contribution in [0.1, 0.15) is 10.4 Å². The van der Waals surface area contributed by atoms with Crippen LogP contribution < -0.4 is 15.2 Å². The van der Waals surface area contributed by atoms with Gasteiger partial charge in [-0.25, -0.2) is 4.79 Å². The number of hydrogen-bond donors (Lipinski definition) is 1. The molecule has 2 aromatic carbocycles. The number of hydrogen-bond acceptors (Lipinski definition) is 7. The second-order valence-electron chi connectivity index (χ2n) is 4.69. The molecule has 8 nitrogen and oxygen atoms in total. The lowest BCUT2D eigenvalue weighted by Crippen LogP contribution is -2.12. The van der Waals surface area contributed by atoms with Gasteiger partial charge in [0.2, 0.25) is 0 Å². The molecule has 0 radical (unpaired) electrons. The van der Waals surface area contributed by atoms with E-state index in [1.54, 1.807) is 31.4 Å². The Kier molecular flexibility index (Phi) is 5.56. The summed E-state index contributed by atoms with van der Waals surface area (Å²) in [6, 6.07) is 10.7. The molecule has 0 unspecified atom stereocenters. The largest absolute Gasteiger partial charge is 0.497 e. The monoisotopic (exact) mass is 332 g/mol. The van der Waals surface area contributed by atoms with Crippen LogP contribution in [0.3, 0.4) is 0 Å². The molecule has 0 atom stereocenters. The number of nitrogen functional groups attached to an aromatic ring is 1. The average molecular weight is 332 g/mol. The van der Waals surface area contributed by atoms with Crippen LogP contribution in [0, 0.1) is 10.1 Å². The molecule has 0 aliphatic rings. The van der Waals surface area contributed by atoms with E-state index in [2.05, 4.69) is 0 Å². The standard InChI is InChI=1S/C16H16N2O6/c1-22-12-3-5-13(6-4-12)23-8-9-24-16(19)11-2-7-14(17)15(10-11)18(20)21/h2-7,10H,8-9,17H2,1H3. The molecule has 24 heavy (non-hydrogen) atoms. The Morgan fingerprint density at radius 2 is 1.79 bits per heavy atom. The number of nitro benzene ring substituents is 1. The molecule has 0 aromatic heterocycles. The van der Waals surface area contributed by atoms with Crippen molar-refractivity contribution in [2.24, 2.45) is 0 Å². The topological polar surface area (TPSA) is 114 Å². The van der Waals surface area contributed by atoms with E-state index in [1.807, 2.05) is 0 Å². The van der Waals surface area contributed by atoms with Gasteiger partial charge < -0.3 is 19.9 Å². The van der Waals surface area contributed by atoms with E-state index in [9.17, 15) is 14.9 Å². The quantitative estimate of drug-likeness (QED) is 0.272. The van der Waals surface area contributed by atoms with E-state index in [1.165, 1.54) is 12.1 Å². The van der Waals surface area contributed by atoms with Crippen molar-refractivity contribution in [3.05, 3.63) is 58.1 Å². The molecule has 2 aromatic rings. The van der Waals surface area contributed by atoms with Crippen molar-refractivity contribution in [3.63, 3.8) is 0 Å². The maximum Gasteiger partial charge on any atom is 0.338 e. The number of nitrogens with two attached hydrogens (primary N) is 1. The Labute approximate surface area is 137 Å². The average Bonchev–Trinajstić information content (AvgIpc) is 2.59. The second-order valence-corrected chi connectivity index (χ2v) is 4.69. The van der Waals surface area contributed by atoms with Crippen LogP contribution in [0.25, 0.3) is 0 Å². The molecule has 0 heterocycles. The first-order valence-electron chi connectivity index (χ1n) is 6.99. The van der Waals surface area contributed by atoms with Crippen LogP contribution in [0.15, 0.2) is 42.5 Å². The fourth-order valence-electron chi connectivity index (χ4n) is 1.88. The van der Waals surface area contributed by atoms with Crippen molar-refractivity contribution in [2.75, 3.05) is 26.1 Å². The molecular formula is C16H16N2O6. The van der Waals surface area contributed by atoms with E-state index in [0.717, 1.165) is 6.07 Å². The third-order valence-electron chi connectivity index (χ3n) is 3.11. The number of carbonyl (C=O) groups excluding carboxylic acids is 1. The third-order valence-corrected chi connectivity index (χ3v) is 3.11. The number of esters is 1. The highest BCUT2D eigenvalue weighted by atomic mass is 16.6. The van der Waals surface area contributed by atoms with Gasteiger partial charge in [0.05, 0.1) is 17.6 Å². The number of ether oxygens (including phenoxy) is 3. The third kappa shape index (κ3) is 4.35. The van der Waals surface area contributed by atoms with E-state index >= 15 is 0 Å². The lowest BCUT2D eigenvalue weighted by Gasteiger charge is -2.08. The number of methoxy groups -OCH3 is 1. The Hall–Kier alpha value is -3.29. The zero-order chi connectivity index (χ0) is 17.5. The van der Waals surface area contributed by atoms with E-state index in [4.69, 9.17) is 19.9 Å². The zero-order valence-electron chi connectivity index (χ0n) is 12.9. The van der Waals surface area contributed by atoms with Gasteiger partial charge in [0.15, 0.2) is 0 Å². The normalized spacial score (nSPS) is 10.0. The molecular weight excluding hydrogens is 316 g/mol. The first-order valence-corrected chi connectivity index (χ1v) is 6.99. The van der Waals surface area contributed by atoms with Gasteiger partial charge in [0.25, 0.3) is 5.69 Å². The number of carbonyl (C=O) groups is 1. The van der Waals surface area contributed by atoms with Crippen molar-refractivity contribution in [2.45, 2.75) is 0 Å². The van der Waals surface area contributed by atoms with E-state index < -0.39 is 10.9 Å². The van der Waals surface area contributed by atoms with Crippen molar-refractivity contribution in [1.82, 2.24) is 0 Å². The Balaban J connectivity index is 1.84.